The third-order valence-corrected chi connectivity index (χ3v) is 2.41. The number of nitrogens with one attached hydrogen (secondary N) is 1. The first kappa shape index (κ1) is 11.3. The summed E-state index contributed by atoms with van der Waals surface area (Å²) in [6, 6.07) is 10.5. The summed E-state index contributed by atoms with van der Waals surface area (Å²) in [4.78, 5) is 10.6. The monoisotopic (exact) mass is 231 g/mol. The minimum absolute atomic E-state index is 0.293. The molecule has 4 nitrogen and oxygen atoms in total. The van der Waals surface area contributed by atoms with Crippen molar-refractivity contribution in [2.45, 2.75) is 6.42 Å². The first-order valence-electron chi connectivity index (χ1n) is 5.35. The van der Waals surface area contributed by atoms with Crippen molar-refractivity contribution < 1.29 is 14.3 Å². The smallest absolute Gasteiger partial charge is 0.335 e. The number of hydrogen-bond donors (Lipinski definition) is 2. The average Bonchev–Trinajstić information content (AvgIpc) is 2.83. The lowest BCUT2D eigenvalue weighted by molar-refractivity contribution is 0.0697. The van der Waals surface area contributed by atoms with E-state index in [2.05, 4.69) is 5.32 Å². The standard InChI is InChI=1S/C13H13NO3/c15-13(16)10-3-5-11(6-4-10)14-8-7-12-2-1-9-17-12/h1-6,9,14H,7-8H2,(H,15,16). The number of hydrogen-bond acceptors (Lipinski definition) is 3. The Kier molecular flexibility index (Phi) is 3.45. The summed E-state index contributed by atoms with van der Waals surface area (Å²) in [6.07, 6.45) is 2.45. The topological polar surface area (TPSA) is 62.5 Å². The second-order valence-electron chi connectivity index (χ2n) is 3.64. The van der Waals surface area contributed by atoms with Gasteiger partial charge in [-0.15, -0.1) is 0 Å². The molecule has 2 rings (SSSR count). The number of carboxylic acid groups (broad SMARTS) is 1. The lowest BCUT2D eigenvalue weighted by Crippen LogP contribution is -2.04. The number of carbonyl (C=O) groups is 1. The van der Waals surface area contributed by atoms with Crippen LogP contribution in [0.15, 0.2) is 47.1 Å². The van der Waals surface area contributed by atoms with E-state index >= 15 is 0 Å². The maximum absolute atomic E-state index is 10.6. The Morgan fingerprint density at radius 1 is 1.24 bits per heavy atom. The minimum atomic E-state index is -0.910. The Hall–Kier alpha value is -2.23. The van der Waals surface area contributed by atoms with Gasteiger partial charge in [-0.3, -0.25) is 0 Å². The maximum atomic E-state index is 10.6. The molecule has 0 spiro atoms. The average molecular weight is 231 g/mol. The zero-order chi connectivity index (χ0) is 12.1. The predicted octanol–water partition coefficient (Wildman–Crippen LogP) is 2.63. The van der Waals surface area contributed by atoms with Crippen LogP contribution >= 0.6 is 0 Å². The van der Waals surface area contributed by atoms with Gasteiger partial charge in [-0.05, 0) is 36.4 Å². The quantitative estimate of drug-likeness (QED) is 0.830. The molecule has 0 bridgehead atoms. The molecule has 1 aromatic carbocycles. The van der Waals surface area contributed by atoms with Gasteiger partial charge in [0.05, 0.1) is 11.8 Å². The third kappa shape index (κ3) is 3.11. The normalized spacial score (nSPS) is 10.1. The summed E-state index contributed by atoms with van der Waals surface area (Å²) in [6.45, 7) is 0.750. The summed E-state index contributed by atoms with van der Waals surface area (Å²) in [5, 5.41) is 11.9. The van der Waals surface area contributed by atoms with Crippen LogP contribution in [0.25, 0.3) is 0 Å². The number of anilines is 1. The largest absolute Gasteiger partial charge is 0.478 e. The van der Waals surface area contributed by atoms with Crippen LogP contribution in [0.2, 0.25) is 0 Å². The van der Waals surface area contributed by atoms with Gasteiger partial charge in [0.1, 0.15) is 5.76 Å². The Bertz CT molecular complexity index is 474. The summed E-state index contributed by atoms with van der Waals surface area (Å²) >= 11 is 0. The predicted molar refractivity (Wildman–Crippen MR) is 64.3 cm³/mol. The van der Waals surface area contributed by atoms with E-state index in [-0.39, 0.29) is 0 Å². The summed E-state index contributed by atoms with van der Waals surface area (Å²) in [7, 11) is 0. The van der Waals surface area contributed by atoms with Crippen molar-refractivity contribution in [1.82, 2.24) is 0 Å². The van der Waals surface area contributed by atoms with Crippen LogP contribution in [-0.4, -0.2) is 17.6 Å². The highest BCUT2D eigenvalue weighted by atomic mass is 16.4. The summed E-state index contributed by atoms with van der Waals surface area (Å²) in [5.74, 6) is 0.0202. The first-order valence-corrected chi connectivity index (χ1v) is 5.35. The van der Waals surface area contributed by atoms with Crippen molar-refractivity contribution in [1.29, 1.82) is 0 Å². The van der Waals surface area contributed by atoms with Gasteiger partial charge in [-0.1, -0.05) is 0 Å². The first-order chi connectivity index (χ1) is 8.25. The SMILES string of the molecule is O=C(O)c1ccc(NCCc2ccco2)cc1. The number of aromatic carboxylic acids is 1. The van der Waals surface area contributed by atoms with Crippen molar-refractivity contribution >= 4 is 11.7 Å². The molecule has 1 heterocycles. The highest BCUT2D eigenvalue weighted by molar-refractivity contribution is 5.87. The fourth-order valence-corrected chi connectivity index (χ4v) is 1.52. The van der Waals surface area contributed by atoms with Gasteiger partial charge >= 0.3 is 5.97 Å². The highest BCUT2D eigenvalue weighted by Crippen LogP contribution is 2.10. The fourth-order valence-electron chi connectivity index (χ4n) is 1.52. The molecule has 0 unspecified atom stereocenters. The molecule has 88 valence electrons. The maximum Gasteiger partial charge on any atom is 0.335 e. The Morgan fingerprint density at radius 3 is 2.59 bits per heavy atom. The van der Waals surface area contributed by atoms with Gasteiger partial charge in [-0.25, -0.2) is 4.79 Å². The summed E-state index contributed by atoms with van der Waals surface area (Å²) in [5.41, 5.74) is 1.20. The van der Waals surface area contributed by atoms with E-state index in [0.29, 0.717) is 5.56 Å². The van der Waals surface area contributed by atoms with Crippen molar-refractivity contribution in [2.24, 2.45) is 0 Å². The molecule has 0 amide bonds. The second-order valence-corrected chi connectivity index (χ2v) is 3.64. The minimum Gasteiger partial charge on any atom is -0.478 e. The van der Waals surface area contributed by atoms with Gasteiger partial charge in [0.25, 0.3) is 0 Å². The van der Waals surface area contributed by atoms with Crippen molar-refractivity contribution in [3.63, 3.8) is 0 Å². The Balaban J connectivity index is 1.85. The molecular weight excluding hydrogens is 218 g/mol. The zero-order valence-corrected chi connectivity index (χ0v) is 9.22. The van der Waals surface area contributed by atoms with Crippen LogP contribution in [0, 0.1) is 0 Å². The zero-order valence-electron chi connectivity index (χ0n) is 9.22. The van der Waals surface area contributed by atoms with Crippen molar-refractivity contribution in [3.05, 3.63) is 54.0 Å². The molecule has 0 atom stereocenters. The Labute approximate surface area is 98.9 Å². The van der Waals surface area contributed by atoms with Crippen LogP contribution in [0.1, 0.15) is 16.1 Å². The molecule has 4 heteroatoms. The molecule has 17 heavy (non-hydrogen) atoms. The van der Waals surface area contributed by atoms with E-state index < -0.39 is 5.97 Å². The van der Waals surface area contributed by atoms with Gasteiger partial charge in [0, 0.05) is 18.7 Å². The number of benzene rings is 1. The van der Waals surface area contributed by atoms with Crippen LogP contribution in [0.5, 0.6) is 0 Å². The molecule has 2 aromatic rings. The molecule has 2 N–H and O–H groups in total. The van der Waals surface area contributed by atoms with Gasteiger partial charge < -0.3 is 14.8 Å². The second kappa shape index (κ2) is 5.21. The van der Waals surface area contributed by atoms with E-state index in [0.717, 1.165) is 24.4 Å². The van der Waals surface area contributed by atoms with Gasteiger partial charge in [0.2, 0.25) is 0 Å². The van der Waals surface area contributed by atoms with Crippen LogP contribution in [0.4, 0.5) is 5.69 Å². The molecule has 0 saturated heterocycles. The molecule has 0 aliphatic heterocycles. The molecular formula is C13H13NO3. The van der Waals surface area contributed by atoms with Gasteiger partial charge in [0.15, 0.2) is 0 Å². The van der Waals surface area contributed by atoms with Crippen LogP contribution in [-0.2, 0) is 6.42 Å². The molecule has 0 saturated carbocycles. The van der Waals surface area contributed by atoms with Crippen molar-refractivity contribution in [3.8, 4) is 0 Å². The number of rotatable bonds is 5. The van der Waals surface area contributed by atoms with E-state index in [4.69, 9.17) is 9.52 Å². The Morgan fingerprint density at radius 2 is 2.00 bits per heavy atom. The van der Waals surface area contributed by atoms with E-state index in [9.17, 15) is 4.79 Å². The molecule has 0 fully saturated rings. The lowest BCUT2D eigenvalue weighted by Gasteiger charge is -2.05. The number of furan rings is 1. The lowest BCUT2D eigenvalue weighted by atomic mass is 10.2. The summed E-state index contributed by atoms with van der Waals surface area (Å²) < 4.78 is 5.20. The van der Waals surface area contributed by atoms with Crippen molar-refractivity contribution in [2.75, 3.05) is 11.9 Å². The highest BCUT2D eigenvalue weighted by Gasteiger charge is 2.01. The van der Waals surface area contributed by atoms with Crippen LogP contribution in [0.3, 0.4) is 0 Å². The molecule has 1 aromatic heterocycles. The molecule has 0 aliphatic rings. The molecule has 0 aliphatic carbocycles. The van der Waals surface area contributed by atoms with Crippen LogP contribution < -0.4 is 5.32 Å². The van der Waals surface area contributed by atoms with Gasteiger partial charge in [-0.2, -0.15) is 0 Å². The number of carboxylic acids is 1. The fraction of sp³-hybridized carbons (Fsp3) is 0.154. The van der Waals surface area contributed by atoms with E-state index in [1.807, 2.05) is 12.1 Å². The third-order valence-electron chi connectivity index (χ3n) is 2.41. The van der Waals surface area contributed by atoms with E-state index in [1.54, 1.807) is 30.5 Å². The van der Waals surface area contributed by atoms with E-state index in [1.165, 1.54) is 0 Å². The molecule has 0 radical (unpaired) electrons.